The Morgan fingerprint density at radius 3 is 2.72 bits per heavy atom. The van der Waals surface area contributed by atoms with Crippen LogP contribution >= 0.6 is 0 Å². The summed E-state index contributed by atoms with van der Waals surface area (Å²) >= 11 is 0. The first-order valence-corrected chi connectivity index (χ1v) is 5.71. The molecule has 2 aromatic rings. The average Bonchev–Trinajstić information content (AvgIpc) is 2.81. The van der Waals surface area contributed by atoms with E-state index in [-0.39, 0.29) is 11.5 Å². The molecule has 1 aromatic carbocycles. The van der Waals surface area contributed by atoms with E-state index < -0.39 is 0 Å². The number of aryl methyl sites for hydroxylation is 1. The van der Waals surface area contributed by atoms with Crippen LogP contribution in [0.15, 0.2) is 18.2 Å². The molecule has 4 N–H and O–H groups in total. The maximum Gasteiger partial charge on any atom is 0.182 e. The lowest BCUT2D eigenvalue weighted by Gasteiger charge is -2.05. The molecule has 96 valence electrons. The molecule has 18 heavy (non-hydrogen) atoms. The number of unbranched alkanes of at least 4 members (excludes halogenated alkanes) is 1. The number of hydrogen-bond acceptors (Lipinski definition) is 6. The first-order chi connectivity index (χ1) is 8.72. The topological polar surface area (TPSA) is 110 Å². The van der Waals surface area contributed by atoms with Gasteiger partial charge in [0, 0.05) is 12.1 Å². The van der Waals surface area contributed by atoms with Crippen LogP contribution in [0.4, 0.5) is 0 Å². The normalized spacial score (nSPS) is 10.7. The van der Waals surface area contributed by atoms with Gasteiger partial charge in [-0.1, -0.05) is 0 Å². The number of benzene rings is 1. The molecule has 0 amide bonds. The Labute approximate surface area is 104 Å². The van der Waals surface area contributed by atoms with Crippen molar-refractivity contribution in [2.24, 2.45) is 5.73 Å². The summed E-state index contributed by atoms with van der Waals surface area (Å²) in [5.74, 6) is 0.201. The highest BCUT2D eigenvalue weighted by molar-refractivity contribution is 5.60. The van der Waals surface area contributed by atoms with Gasteiger partial charge in [-0.25, -0.2) is 4.68 Å². The van der Waals surface area contributed by atoms with Gasteiger partial charge in [-0.15, -0.1) is 5.10 Å². The van der Waals surface area contributed by atoms with Gasteiger partial charge >= 0.3 is 0 Å². The van der Waals surface area contributed by atoms with E-state index in [0.717, 1.165) is 12.8 Å². The van der Waals surface area contributed by atoms with Crippen LogP contribution in [0.5, 0.6) is 11.5 Å². The van der Waals surface area contributed by atoms with Crippen LogP contribution in [0.1, 0.15) is 12.8 Å². The standard InChI is InChI=1S/C11H15N5O2/c12-5-1-2-6-16-11(13-14-15-16)8-3-4-9(17)10(18)7-8/h3-4,7,17-18H,1-2,5-6,12H2. The van der Waals surface area contributed by atoms with Crippen molar-refractivity contribution >= 4 is 0 Å². The van der Waals surface area contributed by atoms with E-state index in [0.29, 0.717) is 24.5 Å². The fourth-order valence-electron chi connectivity index (χ4n) is 1.63. The van der Waals surface area contributed by atoms with E-state index in [2.05, 4.69) is 15.5 Å². The van der Waals surface area contributed by atoms with Crippen molar-refractivity contribution in [1.82, 2.24) is 20.2 Å². The van der Waals surface area contributed by atoms with Crippen molar-refractivity contribution in [3.05, 3.63) is 18.2 Å². The molecular weight excluding hydrogens is 234 g/mol. The fourth-order valence-corrected chi connectivity index (χ4v) is 1.63. The molecule has 0 unspecified atom stereocenters. The Morgan fingerprint density at radius 2 is 2.00 bits per heavy atom. The van der Waals surface area contributed by atoms with E-state index >= 15 is 0 Å². The van der Waals surface area contributed by atoms with Gasteiger partial charge in [-0.3, -0.25) is 0 Å². The lowest BCUT2D eigenvalue weighted by molar-refractivity contribution is 0.404. The van der Waals surface area contributed by atoms with E-state index in [9.17, 15) is 10.2 Å². The number of hydrogen-bond donors (Lipinski definition) is 3. The first kappa shape index (κ1) is 12.3. The van der Waals surface area contributed by atoms with Gasteiger partial charge in [0.25, 0.3) is 0 Å². The maximum atomic E-state index is 9.46. The minimum absolute atomic E-state index is 0.166. The summed E-state index contributed by atoms with van der Waals surface area (Å²) in [4.78, 5) is 0. The molecule has 0 fully saturated rings. The Bertz CT molecular complexity index is 526. The first-order valence-electron chi connectivity index (χ1n) is 5.71. The lowest BCUT2D eigenvalue weighted by Crippen LogP contribution is -2.06. The van der Waals surface area contributed by atoms with Gasteiger partial charge in [0.15, 0.2) is 17.3 Å². The summed E-state index contributed by atoms with van der Waals surface area (Å²) < 4.78 is 1.65. The SMILES string of the molecule is NCCCCn1nnnc1-c1ccc(O)c(O)c1. The summed E-state index contributed by atoms with van der Waals surface area (Å²) in [6.07, 6.45) is 1.79. The number of phenols is 2. The smallest absolute Gasteiger partial charge is 0.182 e. The summed E-state index contributed by atoms with van der Waals surface area (Å²) in [6.45, 7) is 1.30. The second-order valence-corrected chi connectivity index (χ2v) is 3.92. The van der Waals surface area contributed by atoms with Gasteiger partial charge in [-0.2, -0.15) is 0 Å². The Kier molecular flexibility index (Phi) is 3.73. The molecule has 7 nitrogen and oxygen atoms in total. The second-order valence-electron chi connectivity index (χ2n) is 3.92. The number of aromatic nitrogens is 4. The zero-order chi connectivity index (χ0) is 13.0. The number of rotatable bonds is 5. The molecule has 0 saturated heterocycles. The zero-order valence-corrected chi connectivity index (χ0v) is 9.82. The Balaban J connectivity index is 2.22. The third-order valence-electron chi connectivity index (χ3n) is 2.59. The molecule has 0 aliphatic rings. The molecule has 0 aliphatic carbocycles. The van der Waals surface area contributed by atoms with Gasteiger partial charge in [-0.05, 0) is 48.0 Å². The van der Waals surface area contributed by atoms with Gasteiger partial charge in [0.05, 0.1) is 0 Å². The number of tetrazole rings is 1. The minimum atomic E-state index is -0.191. The summed E-state index contributed by atoms with van der Waals surface area (Å²) in [5.41, 5.74) is 6.09. The molecule has 0 bridgehead atoms. The molecule has 1 heterocycles. The molecule has 0 saturated carbocycles. The monoisotopic (exact) mass is 249 g/mol. The minimum Gasteiger partial charge on any atom is -0.504 e. The predicted octanol–water partition coefficient (Wildman–Crippen LogP) is 0.490. The number of nitrogens with two attached hydrogens (primary N) is 1. The van der Waals surface area contributed by atoms with Gasteiger partial charge in [0.2, 0.25) is 0 Å². The van der Waals surface area contributed by atoms with Crippen LogP contribution in [-0.4, -0.2) is 37.0 Å². The highest BCUT2D eigenvalue weighted by atomic mass is 16.3. The van der Waals surface area contributed by atoms with Crippen LogP contribution in [0.25, 0.3) is 11.4 Å². The molecule has 0 spiro atoms. The third-order valence-corrected chi connectivity index (χ3v) is 2.59. The van der Waals surface area contributed by atoms with Gasteiger partial charge < -0.3 is 15.9 Å². The largest absolute Gasteiger partial charge is 0.504 e. The van der Waals surface area contributed by atoms with Crippen molar-refractivity contribution in [3.63, 3.8) is 0 Å². The van der Waals surface area contributed by atoms with Crippen LogP contribution < -0.4 is 5.73 Å². The molecule has 0 radical (unpaired) electrons. The van der Waals surface area contributed by atoms with Crippen LogP contribution in [-0.2, 0) is 6.54 Å². The van der Waals surface area contributed by atoms with Crippen molar-refractivity contribution in [3.8, 4) is 22.9 Å². The van der Waals surface area contributed by atoms with Crippen LogP contribution in [0.2, 0.25) is 0 Å². The zero-order valence-electron chi connectivity index (χ0n) is 9.82. The highest BCUT2D eigenvalue weighted by Gasteiger charge is 2.10. The van der Waals surface area contributed by atoms with E-state index in [4.69, 9.17) is 5.73 Å². The van der Waals surface area contributed by atoms with Crippen LogP contribution in [0.3, 0.4) is 0 Å². The maximum absolute atomic E-state index is 9.46. The number of aromatic hydroxyl groups is 2. The number of nitrogens with zero attached hydrogens (tertiary/aromatic N) is 4. The molecular formula is C11H15N5O2. The van der Waals surface area contributed by atoms with E-state index in [1.54, 1.807) is 10.7 Å². The lowest BCUT2D eigenvalue weighted by atomic mass is 10.2. The van der Waals surface area contributed by atoms with E-state index in [1.807, 2.05) is 0 Å². The predicted molar refractivity (Wildman–Crippen MR) is 64.9 cm³/mol. The summed E-state index contributed by atoms with van der Waals surface area (Å²) in [6, 6.07) is 4.49. The summed E-state index contributed by atoms with van der Waals surface area (Å²) in [7, 11) is 0. The molecule has 0 aliphatic heterocycles. The van der Waals surface area contributed by atoms with Crippen molar-refractivity contribution in [1.29, 1.82) is 0 Å². The molecule has 7 heteroatoms. The van der Waals surface area contributed by atoms with Crippen molar-refractivity contribution < 1.29 is 10.2 Å². The third kappa shape index (κ3) is 2.57. The number of phenolic OH excluding ortho intramolecular Hbond substituents is 2. The fraction of sp³-hybridized carbons (Fsp3) is 0.364. The molecule has 0 atom stereocenters. The van der Waals surface area contributed by atoms with E-state index in [1.165, 1.54) is 12.1 Å². The average molecular weight is 249 g/mol. The quantitative estimate of drug-likeness (QED) is 0.525. The Hall–Kier alpha value is -2.15. The van der Waals surface area contributed by atoms with Crippen molar-refractivity contribution in [2.45, 2.75) is 19.4 Å². The highest BCUT2D eigenvalue weighted by Crippen LogP contribution is 2.29. The second kappa shape index (κ2) is 5.46. The molecule has 1 aromatic heterocycles. The van der Waals surface area contributed by atoms with Gasteiger partial charge in [0.1, 0.15) is 0 Å². The summed E-state index contributed by atoms with van der Waals surface area (Å²) in [5, 5.41) is 30.1. The Morgan fingerprint density at radius 1 is 1.17 bits per heavy atom. The molecule has 2 rings (SSSR count). The van der Waals surface area contributed by atoms with Crippen molar-refractivity contribution in [2.75, 3.05) is 6.54 Å². The van der Waals surface area contributed by atoms with Crippen LogP contribution in [0, 0.1) is 0 Å².